The van der Waals surface area contributed by atoms with Gasteiger partial charge in [0.05, 0.1) is 12.2 Å². The second kappa shape index (κ2) is 10.8. The van der Waals surface area contributed by atoms with Crippen molar-refractivity contribution in [2.45, 2.75) is 45.6 Å². The molecule has 2 aliphatic rings. The van der Waals surface area contributed by atoms with Crippen LogP contribution in [0.5, 0.6) is 5.75 Å². The van der Waals surface area contributed by atoms with Crippen molar-refractivity contribution in [2.24, 2.45) is 5.92 Å². The highest BCUT2D eigenvalue weighted by atomic mass is 16.5. The maximum Gasteiger partial charge on any atom is 0.255 e. The zero-order chi connectivity index (χ0) is 23.2. The summed E-state index contributed by atoms with van der Waals surface area (Å²) in [6.07, 6.45) is 4.22. The Labute approximate surface area is 196 Å². The van der Waals surface area contributed by atoms with Crippen LogP contribution >= 0.6 is 0 Å². The van der Waals surface area contributed by atoms with Crippen molar-refractivity contribution in [1.29, 1.82) is 0 Å². The van der Waals surface area contributed by atoms with Crippen LogP contribution in [-0.4, -0.2) is 55.5 Å². The number of fused-ring (bicyclic) bond motifs is 1. The quantitative estimate of drug-likeness (QED) is 0.615. The highest BCUT2D eigenvalue weighted by Gasteiger charge is 2.23. The van der Waals surface area contributed by atoms with Gasteiger partial charge in [-0.15, -0.1) is 0 Å². The normalized spacial score (nSPS) is 16.5. The second-order valence-electron chi connectivity index (χ2n) is 9.24. The van der Waals surface area contributed by atoms with Crippen LogP contribution in [0.25, 0.3) is 0 Å². The van der Waals surface area contributed by atoms with E-state index in [1.165, 1.54) is 11.1 Å². The molecule has 4 rings (SSSR count). The molecule has 6 nitrogen and oxygen atoms in total. The van der Waals surface area contributed by atoms with Crippen LogP contribution in [0.3, 0.4) is 0 Å². The highest BCUT2D eigenvalue weighted by molar-refractivity contribution is 6.00. The third kappa shape index (κ3) is 5.74. The van der Waals surface area contributed by atoms with Gasteiger partial charge in [-0.2, -0.15) is 0 Å². The van der Waals surface area contributed by atoms with E-state index >= 15 is 0 Å². The Morgan fingerprint density at radius 1 is 1.06 bits per heavy atom. The van der Waals surface area contributed by atoms with E-state index in [0.717, 1.165) is 45.3 Å². The third-order valence-corrected chi connectivity index (χ3v) is 6.58. The maximum atomic E-state index is 12.9. The van der Waals surface area contributed by atoms with Gasteiger partial charge in [-0.3, -0.25) is 9.59 Å². The van der Waals surface area contributed by atoms with Gasteiger partial charge in [-0.05, 0) is 74.4 Å². The van der Waals surface area contributed by atoms with Crippen molar-refractivity contribution >= 4 is 11.8 Å². The minimum absolute atomic E-state index is 0.00849. The third-order valence-electron chi connectivity index (χ3n) is 6.58. The smallest absolute Gasteiger partial charge is 0.255 e. The van der Waals surface area contributed by atoms with Gasteiger partial charge in [0.2, 0.25) is 0 Å². The van der Waals surface area contributed by atoms with E-state index in [2.05, 4.69) is 41.8 Å². The van der Waals surface area contributed by atoms with E-state index in [1.54, 1.807) is 18.2 Å². The molecule has 0 aromatic heterocycles. The van der Waals surface area contributed by atoms with Gasteiger partial charge < -0.3 is 20.3 Å². The van der Waals surface area contributed by atoms with Crippen LogP contribution in [0.4, 0.5) is 0 Å². The lowest BCUT2D eigenvalue weighted by Gasteiger charge is -2.19. The van der Waals surface area contributed by atoms with E-state index in [9.17, 15) is 9.59 Å². The van der Waals surface area contributed by atoms with Crippen LogP contribution in [0.2, 0.25) is 0 Å². The van der Waals surface area contributed by atoms with Gasteiger partial charge >= 0.3 is 0 Å². The number of hydrogen-bond donors (Lipinski definition) is 2. The average Bonchev–Trinajstić information content (AvgIpc) is 3.51. The highest BCUT2D eigenvalue weighted by Crippen LogP contribution is 2.24. The van der Waals surface area contributed by atoms with Crippen molar-refractivity contribution in [3.05, 3.63) is 64.7 Å². The lowest BCUT2D eigenvalue weighted by atomic mass is 10.1. The first-order chi connectivity index (χ1) is 16.0. The van der Waals surface area contributed by atoms with Gasteiger partial charge in [0, 0.05) is 31.2 Å². The van der Waals surface area contributed by atoms with Crippen LogP contribution in [0.1, 0.15) is 58.5 Å². The number of nitrogens with one attached hydrogen (secondary N) is 2. The molecule has 2 amide bonds. The zero-order valence-electron chi connectivity index (χ0n) is 19.7. The Morgan fingerprint density at radius 3 is 2.42 bits per heavy atom. The fraction of sp³-hybridized carbons (Fsp3) is 0.481. The van der Waals surface area contributed by atoms with E-state index in [-0.39, 0.29) is 11.8 Å². The molecular formula is C27H35N3O3. The Hall–Kier alpha value is -2.86. The molecule has 0 bridgehead atoms. The molecule has 0 saturated carbocycles. The summed E-state index contributed by atoms with van der Waals surface area (Å²) in [5.41, 5.74) is 3.92. The fourth-order valence-corrected chi connectivity index (χ4v) is 4.73. The molecule has 2 N–H and O–H groups in total. The van der Waals surface area contributed by atoms with Crippen LogP contribution in [0, 0.1) is 5.92 Å². The molecule has 0 spiro atoms. The molecule has 0 unspecified atom stereocenters. The number of ether oxygens (including phenoxy) is 1. The number of amides is 2. The molecule has 1 aliphatic heterocycles. The molecular weight excluding hydrogens is 414 g/mol. The van der Waals surface area contributed by atoms with Crippen molar-refractivity contribution in [2.75, 3.05) is 32.8 Å². The van der Waals surface area contributed by atoms with Crippen LogP contribution in [-0.2, 0) is 12.8 Å². The van der Waals surface area contributed by atoms with Gasteiger partial charge in [0.25, 0.3) is 11.8 Å². The minimum Gasteiger partial charge on any atom is -0.493 e. The lowest BCUT2D eigenvalue weighted by molar-refractivity contribution is 0.0791. The Morgan fingerprint density at radius 2 is 1.76 bits per heavy atom. The SMILES string of the molecule is CCOc1cc(C(=O)N2CCCC2)ccc1C(=O)NC[C@@H](C)CNC1Cc2ccccc2C1. The summed E-state index contributed by atoms with van der Waals surface area (Å²) in [6.45, 7) is 7.47. The molecule has 1 atom stereocenters. The summed E-state index contributed by atoms with van der Waals surface area (Å²) in [4.78, 5) is 27.5. The van der Waals surface area contributed by atoms with E-state index in [0.29, 0.717) is 42.0 Å². The first-order valence-electron chi connectivity index (χ1n) is 12.2. The monoisotopic (exact) mass is 449 g/mol. The van der Waals surface area contributed by atoms with E-state index in [1.807, 2.05) is 11.8 Å². The molecule has 2 aromatic rings. The number of hydrogen-bond acceptors (Lipinski definition) is 4. The van der Waals surface area contributed by atoms with Crippen LogP contribution in [0.15, 0.2) is 42.5 Å². The van der Waals surface area contributed by atoms with Crippen molar-refractivity contribution in [1.82, 2.24) is 15.5 Å². The average molecular weight is 450 g/mol. The Bertz CT molecular complexity index is 959. The largest absolute Gasteiger partial charge is 0.493 e. The maximum absolute atomic E-state index is 12.9. The summed E-state index contributed by atoms with van der Waals surface area (Å²) in [7, 11) is 0. The molecule has 0 radical (unpaired) electrons. The first kappa shape index (κ1) is 23.3. The van der Waals surface area contributed by atoms with Gasteiger partial charge in [-0.1, -0.05) is 31.2 Å². The van der Waals surface area contributed by atoms with Crippen molar-refractivity contribution in [3.63, 3.8) is 0 Å². The van der Waals surface area contributed by atoms with Crippen molar-refractivity contribution in [3.8, 4) is 5.75 Å². The minimum atomic E-state index is -0.168. The number of carbonyl (C=O) groups is 2. The van der Waals surface area contributed by atoms with E-state index in [4.69, 9.17) is 4.74 Å². The lowest BCUT2D eigenvalue weighted by Crippen LogP contribution is -2.38. The molecule has 6 heteroatoms. The Kier molecular flexibility index (Phi) is 7.65. The summed E-state index contributed by atoms with van der Waals surface area (Å²) in [5.74, 6) is 0.603. The first-order valence-corrected chi connectivity index (χ1v) is 12.2. The summed E-state index contributed by atoms with van der Waals surface area (Å²) >= 11 is 0. The number of carbonyl (C=O) groups excluding carboxylic acids is 2. The molecule has 176 valence electrons. The second-order valence-corrected chi connectivity index (χ2v) is 9.24. The number of benzene rings is 2. The topological polar surface area (TPSA) is 70.7 Å². The zero-order valence-corrected chi connectivity index (χ0v) is 19.7. The Balaban J connectivity index is 1.29. The van der Waals surface area contributed by atoms with Gasteiger partial charge in [0.1, 0.15) is 5.75 Å². The molecule has 1 heterocycles. The summed E-state index contributed by atoms with van der Waals surface area (Å²) < 4.78 is 5.72. The molecule has 33 heavy (non-hydrogen) atoms. The molecule has 1 saturated heterocycles. The standard InChI is InChI=1S/C27H35N3O3/c1-3-33-25-16-22(27(32)30-12-6-7-13-30)10-11-24(25)26(31)29-18-19(2)17-28-23-14-20-8-4-5-9-21(20)15-23/h4-5,8-11,16,19,23,28H,3,6-7,12-15,17-18H2,1-2H3,(H,29,31)/t19-/m0/s1. The van der Waals surface area contributed by atoms with E-state index < -0.39 is 0 Å². The number of rotatable bonds is 9. The summed E-state index contributed by atoms with van der Waals surface area (Å²) in [6, 6.07) is 14.2. The molecule has 1 fully saturated rings. The molecule has 1 aliphatic carbocycles. The predicted octanol–water partition coefficient (Wildman–Crippen LogP) is 3.44. The predicted molar refractivity (Wildman–Crippen MR) is 130 cm³/mol. The number of likely N-dealkylation sites (tertiary alicyclic amines) is 1. The molecule has 2 aromatic carbocycles. The van der Waals surface area contributed by atoms with Crippen molar-refractivity contribution < 1.29 is 14.3 Å². The van der Waals surface area contributed by atoms with Gasteiger partial charge in [-0.25, -0.2) is 0 Å². The number of nitrogens with zero attached hydrogens (tertiary/aromatic N) is 1. The fourth-order valence-electron chi connectivity index (χ4n) is 4.73. The van der Waals surface area contributed by atoms with Crippen LogP contribution < -0.4 is 15.4 Å². The summed E-state index contributed by atoms with van der Waals surface area (Å²) in [5, 5.41) is 6.69. The van der Waals surface area contributed by atoms with Gasteiger partial charge in [0.15, 0.2) is 0 Å².